The first-order valence-corrected chi connectivity index (χ1v) is 17.2. The number of benzene rings is 7. The fourth-order valence-electron chi connectivity index (χ4n) is 6.65. The Hall–Kier alpha value is -6.65. The standard InChI is InChI=1S/C47H36N4/c1-48-46(39-14-6-3-7-15-39)50-47(49-33-36-12-4-2-5-13-36)40-26-22-35(23-27-40)32-34-20-24-37(25-21-34)38-28-30-41(31-29-38)51-44-18-10-8-16-42(44)43-17-9-11-19-45(43)51/h2-31H,1,32-33H2/b49-47-,50-46-. The first-order valence-electron chi connectivity index (χ1n) is 17.2. The van der Waals surface area contributed by atoms with Gasteiger partial charge in [-0.15, -0.1) is 0 Å². The number of fused-ring (bicyclic) bond motifs is 3. The van der Waals surface area contributed by atoms with E-state index in [1.165, 1.54) is 44.1 Å². The molecule has 8 aromatic rings. The van der Waals surface area contributed by atoms with Crippen molar-refractivity contribution in [3.05, 3.63) is 210 Å². The van der Waals surface area contributed by atoms with Gasteiger partial charge >= 0.3 is 0 Å². The predicted molar refractivity (Wildman–Crippen MR) is 215 cm³/mol. The second kappa shape index (κ2) is 14.5. The van der Waals surface area contributed by atoms with Crippen LogP contribution in [-0.4, -0.2) is 23.0 Å². The van der Waals surface area contributed by atoms with Gasteiger partial charge in [-0.25, -0.2) is 9.98 Å². The molecule has 244 valence electrons. The normalized spacial score (nSPS) is 12.0. The molecule has 0 spiro atoms. The first-order chi connectivity index (χ1) is 25.2. The monoisotopic (exact) mass is 656 g/mol. The molecule has 0 bridgehead atoms. The highest BCUT2D eigenvalue weighted by molar-refractivity contribution is 6.12. The fraction of sp³-hybridized carbons (Fsp3) is 0.0426. The molecule has 0 N–H and O–H groups in total. The lowest BCUT2D eigenvalue weighted by Crippen LogP contribution is -2.05. The Kier molecular flexibility index (Phi) is 8.96. The molecule has 0 fully saturated rings. The van der Waals surface area contributed by atoms with Crippen LogP contribution in [-0.2, 0) is 13.0 Å². The Balaban J connectivity index is 1.00. The topological polar surface area (TPSA) is 42.0 Å². The minimum Gasteiger partial charge on any atom is -0.309 e. The number of para-hydroxylation sites is 2. The summed E-state index contributed by atoms with van der Waals surface area (Å²) in [4.78, 5) is 14.0. The number of aromatic nitrogens is 1. The van der Waals surface area contributed by atoms with Crippen molar-refractivity contribution >= 4 is 40.2 Å². The maximum absolute atomic E-state index is 4.92. The molecule has 0 radical (unpaired) electrons. The van der Waals surface area contributed by atoms with Gasteiger partial charge in [0.1, 0.15) is 0 Å². The van der Waals surface area contributed by atoms with E-state index in [1.54, 1.807) is 0 Å². The molecule has 7 aromatic carbocycles. The van der Waals surface area contributed by atoms with Crippen molar-refractivity contribution in [3.8, 4) is 16.8 Å². The van der Waals surface area contributed by atoms with E-state index in [1.807, 2.05) is 48.5 Å². The number of hydrogen-bond donors (Lipinski definition) is 0. The van der Waals surface area contributed by atoms with E-state index in [-0.39, 0.29) is 0 Å². The van der Waals surface area contributed by atoms with Gasteiger partial charge in [0.2, 0.25) is 0 Å². The van der Waals surface area contributed by atoms with Crippen molar-refractivity contribution in [2.45, 2.75) is 13.0 Å². The van der Waals surface area contributed by atoms with Gasteiger partial charge in [0.25, 0.3) is 0 Å². The van der Waals surface area contributed by atoms with Gasteiger partial charge in [-0.05, 0) is 65.2 Å². The van der Waals surface area contributed by atoms with Crippen LogP contribution < -0.4 is 0 Å². The summed E-state index contributed by atoms with van der Waals surface area (Å²) in [6.45, 7) is 4.31. The Morgan fingerprint density at radius 1 is 0.451 bits per heavy atom. The molecule has 0 atom stereocenters. The molecular weight excluding hydrogens is 621 g/mol. The van der Waals surface area contributed by atoms with Crippen molar-refractivity contribution in [3.63, 3.8) is 0 Å². The van der Waals surface area contributed by atoms with Gasteiger partial charge in [0.15, 0.2) is 11.7 Å². The predicted octanol–water partition coefficient (Wildman–Crippen LogP) is 11.1. The molecule has 51 heavy (non-hydrogen) atoms. The lowest BCUT2D eigenvalue weighted by molar-refractivity contribution is 1.06. The molecule has 0 unspecified atom stereocenters. The molecular formula is C47H36N4. The summed E-state index contributed by atoms with van der Waals surface area (Å²) in [7, 11) is 0. The van der Waals surface area contributed by atoms with Gasteiger partial charge < -0.3 is 4.57 Å². The minimum atomic E-state index is 0.524. The number of nitrogens with zero attached hydrogens (tertiary/aromatic N) is 4. The van der Waals surface area contributed by atoms with Gasteiger partial charge in [-0.3, -0.25) is 4.99 Å². The SMILES string of the molecule is C=N/C(=N\C(=N/Cc1ccccc1)c1ccc(Cc2ccc(-c3ccc(-n4c5ccccc5c5ccccc54)cc3)cc2)cc1)c1ccccc1. The first kappa shape index (κ1) is 31.6. The zero-order valence-electron chi connectivity index (χ0n) is 28.2. The van der Waals surface area contributed by atoms with Crippen molar-refractivity contribution in [1.82, 2.24) is 4.57 Å². The molecule has 4 heteroatoms. The quantitative estimate of drug-likeness (QED) is 0.115. The third-order valence-electron chi connectivity index (χ3n) is 9.26. The Labute approximate surface area is 298 Å². The average molecular weight is 657 g/mol. The van der Waals surface area contributed by atoms with E-state index >= 15 is 0 Å². The number of hydrogen-bond acceptors (Lipinski definition) is 1. The summed E-state index contributed by atoms with van der Waals surface area (Å²) in [5.74, 6) is 1.18. The number of aliphatic imine (C=N–C) groups is 3. The molecule has 8 rings (SSSR count). The molecule has 0 aliphatic carbocycles. The molecule has 0 saturated heterocycles. The summed E-state index contributed by atoms with van der Waals surface area (Å²) in [6, 6.07) is 63.6. The Morgan fingerprint density at radius 2 is 0.941 bits per heavy atom. The van der Waals surface area contributed by atoms with Crippen LogP contribution in [0.2, 0.25) is 0 Å². The third-order valence-corrected chi connectivity index (χ3v) is 9.26. The Morgan fingerprint density at radius 3 is 1.53 bits per heavy atom. The zero-order valence-corrected chi connectivity index (χ0v) is 28.2. The summed E-state index contributed by atoms with van der Waals surface area (Å²) in [5.41, 5.74) is 11.4. The lowest BCUT2D eigenvalue weighted by atomic mass is 9.99. The molecule has 0 saturated carbocycles. The van der Waals surface area contributed by atoms with Gasteiger partial charge in [-0.2, -0.15) is 0 Å². The van der Waals surface area contributed by atoms with E-state index in [9.17, 15) is 0 Å². The molecule has 1 aromatic heterocycles. The fourth-order valence-corrected chi connectivity index (χ4v) is 6.65. The molecule has 4 nitrogen and oxygen atoms in total. The van der Waals surface area contributed by atoms with E-state index in [0.29, 0.717) is 18.2 Å². The highest BCUT2D eigenvalue weighted by Gasteiger charge is 2.12. The summed E-state index contributed by atoms with van der Waals surface area (Å²) >= 11 is 0. The van der Waals surface area contributed by atoms with E-state index in [2.05, 4.69) is 150 Å². The van der Waals surface area contributed by atoms with Crippen LogP contribution in [0.15, 0.2) is 197 Å². The average Bonchev–Trinajstić information content (AvgIpc) is 3.54. The highest BCUT2D eigenvalue weighted by atomic mass is 15.0. The maximum Gasteiger partial charge on any atom is 0.161 e. The van der Waals surface area contributed by atoms with Crippen molar-refractivity contribution in [2.75, 3.05) is 0 Å². The van der Waals surface area contributed by atoms with Crippen molar-refractivity contribution in [1.29, 1.82) is 0 Å². The summed E-state index contributed by atoms with van der Waals surface area (Å²) in [5, 5.41) is 2.55. The van der Waals surface area contributed by atoms with Crippen LogP contribution in [0.4, 0.5) is 0 Å². The lowest BCUT2D eigenvalue weighted by Gasteiger charge is -2.10. The zero-order chi connectivity index (χ0) is 34.4. The van der Waals surface area contributed by atoms with Crippen molar-refractivity contribution in [2.24, 2.45) is 15.0 Å². The molecule has 0 aliphatic rings. The summed E-state index contributed by atoms with van der Waals surface area (Å²) < 4.78 is 2.35. The maximum atomic E-state index is 4.92. The molecule has 1 heterocycles. The van der Waals surface area contributed by atoms with Crippen LogP contribution in [0.1, 0.15) is 27.8 Å². The summed E-state index contributed by atoms with van der Waals surface area (Å²) in [6.07, 6.45) is 0.830. The second-order valence-corrected chi connectivity index (χ2v) is 12.6. The van der Waals surface area contributed by atoms with Gasteiger partial charge in [-0.1, -0.05) is 158 Å². The van der Waals surface area contributed by atoms with Crippen LogP contribution in [0.3, 0.4) is 0 Å². The molecule has 0 aliphatic heterocycles. The van der Waals surface area contributed by atoms with E-state index in [4.69, 9.17) is 9.98 Å². The third kappa shape index (κ3) is 6.81. The highest BCUT2D eigenvalue weighted by Crippen LogP contribution is 2.32. The molecule has 0 amide bonds. The van der Waals surface area contributed by atoms with E-state index in [0.717, 1.165) is 28.8 Å². The number of amidine groups is 2. The Bertz CT molecular complexity index is 2440. The number of rotatable bonds is 8. The minimum absolute atomic E-state index is 0.524. The van der Waals surface area contributed by atoms with Crippen LogP contribution in [0.25, 0.3) is 38.6 Å². The van der Waals surface area contributed by atoms with Crippen LogP contribution >= 0.6 is 0 Å². The second-order valence-electron chi connectivity index (χ2n) is 12.6. The van der Waals surface area contributed by atoms with Crippen LogP contribution in [0, 0.1) is 0 Å². The van der Waals surface area contributed by atoms with Gasteiger partial charge in [0.05, 0.1) is 17.6 Å². The van der Waals surface area contributed by atoms with Gasteiger partial charge in [0, 0.05) is 27.6 Å². The smallest absolute Gasteiger partial charge is 0.161 e. The van der Waals surface area contributed by atoms with E-state index < -0.39 is 0 Å². The van der Waals surface area contributed by atoms with Crippen molar-refractivity contribution < 1.29 is 0 Å². The largest absolute Gasteiger partial charge is 0.309 e. The van der Waals surface area contributed by atoms with Crippen LogP contribution in [0.5, 0.6) is 0 Å².